The van der Waals surface area contributed by atoms with Crippen LogP contribution in [0.2, 0.25) is 0 Å². The largest absolute Gasteiger partial charge is 0.316 e. The van der Waals surface area contributed by atoms with Crippen molar-refractivity contribution in [3.05, 3.63) is 34.3 Å². The van der Waals surface area contributed by atoms with Gasteiger partial charge in [-0.3, -0.25) is 0 Å². The van der Waals surface area contributed by atoms with Gasteiger partial charge in [-0.2, -0.15) is 0 Å². The smallest absolute Gasteiger partial charge is 0.0178 e. The van der Waals surface area contributed by atoms with Crippen molar-refractivity contribution in [1.29, 1.82) is 0 Å². The molecule has 0 radical (unpaired) electrons. The van der Waals surface area contributed by atoms with Crippen molar-refractivity contribution >= 4 is 15.9 Å². The summed E-state index contributed by atoms with van der Waals surface area (Å²) in [5.41, 5.74) is 1.45. The van der Waals surface area contributed by atoms with Gasteiger partial charge in [0.1, 0.15) is 0 Å². The van der Waals surface area contributed by atoms with Crippen molar-refractivity contribution in [3.8, 4) is 0 Å². The number of halogens is 1. The molecule has 18 heavy (non-hydrogen) atoms. The first-order valence-corrected chi connectivity index (χ1v) is 8.00. The van der Waals surface area contributed by atoms with Crippen molar-refractivity contribution in [2.45, 2.75) is 38.1 Å². The molecule has 2 aliphatic carbocycles. The summed E-state index contributed by atoms with van der Waals surface area (Å²) in [6.45, 7) is 0. The molecule has 1 nitrogen and oxygen atoms in total. The van der Waals surface area contributed by atoms with Crippen LogP contribution in [-0.2, 0) is 6.42 Å². The maximum Gasteiger partial charge on any atom is 0.0178 e. The standard InChI is InChI=1S/C16H22BrN/c1-18-15(10-11-5-4-6-12(17)9-11)16-13-7-2-3-8-14(13)16/h4-6,9,13-16,18H,2-3,7-8,10H2,1H3. The molecular formula is C16H22BrN. The highest BCUT2D eigenvalue weighted by atomic mass is 79.9. The van der Waals surface area contributed by atoms with E-state index in [0.29, 0.717) is 6.04 Å². The van der Waals surface area contributed by atoms with Crippen LogP contribution in [-0.4, -0.2) is 13.1 Å². The lowest BCUT2D eigenvalue weighted by atomic mass is 10.00. The lowest BCUT2D eigenvalue weighted by molar-refractivity contribution is 0.460. The van der Waals surface area contributed by atoms with Gasteiger partial charge in [0.05, 0.1) is 0 Å². The van der Waals surface area contributed by atoms with Gasteiger partial charge in [-0.25, -0.2) is 0 Å². The third kappa shape index (κ3) is 2.50. The van der Waals surface area contributed by atoms with Gasteiger partial charge < -0.3 is 5.32 Å². The Labute approximate surface area is 118 Å². The SMILES string of the molecule is CNC(Cc1cccc(Br)c1)C1C2CCCCC21. The summed E-state index contributed by atoms with van der Waals surface area (Å²) in [5.74, 6) is 3.00. The number of fused-ring (bicyclic) bond motifs is 1. The minimum atomic E-state index is 0.674. The predicted molar refractivity (Wildman–Crippen MR) is 79.6 cm³/mol. The molecule has 2 heteroatoms. The van der Waals surface area contributed by atoms with Crippen LogP contribution in [0.1, 0.15) is 31.2 Å². The molecule has 1 aromatic rings. The fourth-order valence-corrected chi connectivity index (χ4v) is 4.44. The van der Waals surface area contributed by atoms with E-state index in [1.165, 1.54) is 42.1 Å². The zero-order valence-corrected chi connectivity index (χ0v) is 12.6. The Kier molecular flexibility index (Phi) is 3.76. The number of hydrogen-bond donors (Lipinski definition) is 1. The van der Waals surface area contributed by atoms with Crippen molar-refractivity contribution < 1.29 is 0 Å². The van der Waals surface area contributed by atoms with Crippen LogP contribution in [0.4, 0.5) is 0 Å². The third-order valence-corrected chi connectivity index (χ3v) is 5.40. The van der Waals surface area contributed by atoms with Crippen LogP contribution in [0.15, 0.2) is 28.7 Å². The van der Waals surface area contributed by atoms with Crippen molar-refractivity contribution in [2.75, 3.05) is 7.05 Å². The average Bonchev–Trinajstić information content (AvgIpc) is 3.10. The van der Waals surface area contributed by atoms with Crippen LogP contribution in [0, 0.1) is 17.8 Å². The highest BCUT2D eigenvalue weighted by Crippen LogP contribution is 2.57. The van der Waals surface area contributed by atoms with Crippen molar-refractivity contribution in [2.24, 2.45) is 17.8 Å². The Morgan fingerprint density at radius 1 is 1.28 bits per heavy atom. The summed E-state index contributed by atoms with van der Waals surface area (Å²) in [4.78, 5) is 0. The maximum absolute atomic E-state index is 3.57. The number of benzene rings is 1. The molecule has 0 heterocycles. The first-order valence-electron chi connectivity index (χ1n) is 7.21. The Hall–Kier alpha value is -0.340. The highest BCUT2D eigenvalue weighted by molar-refractivity contribution is 9.10. The van der Waals surface area contributed by atoms with Gasteiger partial charge >= 0.3 is 0 Å². The zero-order chi connectivity index (χ0) is 12.5. The molecule has 0 aliphatic heterocycles. The monoisotopic (exact) mass is 307 g/mol. The van der Waals surface area contributed by atoms with Crippen LogP contribution in [0.5, 0.6) is 0 Å². The first-order chi connectivity index (χ1) is 8.79. The fourth-order valence-electron chi connectivity index (χ4n) is 3.99. The van der Waals surface area contributed by atoms with Crippen LogP contribution in [0.3, 0.4) is 0 Å². The number of rotatable bonds is 4. The molecule has 0 bridgehead atoms. The Morgan fingerprint density at radius 3 is 2.61 bits per heavy atom. The van der Waals surface area contributed by atoms with E-state index < -0.39 is 0 Å². The van der Waals surface area contributed by atoms with E-state index in [4.69, 9.17) is 0 Å². The van der Waals surface area contributed by atoms with Crippen LogP contribution < -0.4 is 5.32 Å². The Bertz CT molecular complexity index is 405. The Morgan fingerprint density at radius 2 is 2.00 bits per heavy atom. The van der Waals surface area contributed by atoms with Gasteiger partial charge in [0.25, 0.3) is 0 Å². The summed E-state index contributed by atoms with van der Waals surface area (Å²) in [6.07, 6.45) is 7.06. The molecule has 1 N–H and O–H groups in total. The molecule has 0 aromatic heterocycles. The summed E-state index contributed by atoms with van der Waals surface area (Å²) in [6, 6.07) is 9.44. The zero-order valence-electron chi connectivity index (χ0n) is 11.0. The molecular weight excluding hydrogens is 286 g/mol. The molecule has 1 aromatic carbocycles. The van der Waals surface area contributed by atoms with Gasteiger partial charge in [-0.15, -0.1) is 0 Å². The second-order valence-electron chi connectivity index (χ2n) is 5.92. The van der Waals surface area contributed by atoms with Crippen LogP contribution in [0.25, 0.3) is 0 Å². The molecule has 3 atom stereocenters. The van der Waals surface area contributed by atoms with Crippen molar-refractivity contribution in [1.82, 2.24) is 5.32 Å². The molecule has 3 unspecified atom stereocenters. The topological polar surface area (TPSA) is 12.0 Å². The lowest BCUT2D eigenvalue weighted by Crippen LogP contribution is -2.31. The molecule has 2 aliphatic rings. The third-order valence-electron chi connectivity index (χ3n) is 4.90. The van der Waals surface area contributed by atoms with E-state index in [1.54, 1.807) is 0 Å². The number of nitrogens with one attached hydrogen (secondary N) is 1. The summed E-state index contributed by atoms with van der Waals surface area (Å²) < 4.78 is 1.20. The van der Waals surface area contributed by atoms with Gasteiger partial charge in [0, 0.05) is 10.5 Å². The minimum Gasteiger partial charge on any atom is -0.316 e. The Balaban J connectivity index is 1.66. The van der Waals surface area contributed by atoms with Gasteiger partial charge in [-0.05, 0) is 61.8 Å². The predicted octanol–water partition coefficient (Wildman–Crippen LogP) is 4.02. The second-order valence-corrected chi connectivity index (χ2v) is 6.83. The normalized spacial score (nSPS) is 31.8. The summed E-state index contributed by atoms with van der Waals surface area (Å²) >= 11 is 3.57. The van der Waals surface area contributed by atoms with E-state index in [9.17, 15) is 0 Å². The molecule has 0 amide bonds. The van der Waals surface area contributed by atoms with Crippen molar-refractivity contribution in [3.63, 3.8) is 0 Å². The lowest BCUT2D eigenvalue weighted by Gasteiger charge is -2.17. The van der Waals surface area contributed by atoms with E-state index in [-0.39, 0.29) is 0 Å². The van der Waals surface area contributed by atoms with Gasteiger partial charge in [-0.1, -0.05) is 40.9 Å². The average molecular weight is 308 g/mol. The molecule has 0 saturated heterocycles. The molecule has 2 fully saturated rings. The quantitative estimate of drug-likeness (QED) is 0.886. The molecule has 98 valence electrons. The summed E-state index contributed by atoms with van der Waals surface area (Å²) in [5, 5.41) is 3.57. The first kappa shape index (κ1) is 12.7. The number of likely N-dealkylation sites (N-methyl/N-ethyl adjacent to an activating group) is 1. The summed E-state index contributed by atoms with van der Waals surface area (Å²) in [7, 11) is 2.13. The molecule has 2 saturated carbocycles. The maximum atomic E-state index is 3.57. The molecule has 0 spiro atoms. The highest BCUT2D eigenvalue weighted by Gasteiger charge is 2.53. The molecule has 3 rings (SSSR count). The number of hydrogen-bond acceptors (Lipinski definition) is 1. The van der Waals surface area contributed by atoms with E-state index in [2.05, 4.69) is 52.6 Å². The second kappa shape index (κ2) is 5.34. The fraction of sp³-hybridized carbons (Fsp3) is 0.625. The van der Waals surface area contributed by atoms with Gasteiger partial charge in [0.15, 0.2) is 0 Å². The minimum absolute atomic E-state index is 0.674. The van der Waals surface area contributed by atoms with E-state index >= 15 is 0 Å². The van der Waals surface area contributed by atoms with E-state index in [1.807, 2.05) is 0 Å². The van der Waals surface area contributed by atoms with E-state index in [0.717, 1.165) is 17.8 Å². The van der Waals surface area contributed by atoms with Crippen LogP contribution >= 0.6 is 15.9 Å². The van der Waals surface area contributed by atoms with Gasteiger partial charge in [0.2, 0.25) is 0 Å².